The standard InChI is InChI=1S/C24H31FO6/c1-13-9-18-17-6-5-15-10-16(27)7-8-21(15,3)23(17,25)19(28)11-22(18,4)24(13,30)20(29)12-31-14(2)26/h7-8,10,13,17-19,28,30H,5-6,9,11-12H2,1-4H3/t13-,17+,18+,19+,21+,22+,23-,24+/m1/s1. The second kappa shape index (κ2) is 6.82. The third-order valence-electron chi connectivity index (χ3n) is 9.05. The molecular weight excluding hydrogens is 403 g/mol. The van der Waals surface area contributed by atoms with Crippen molar-refractivity contribution >= 4 is 17.5 Å². The molecule has 0 saturated heterocycles. The first-order chi connectivity index (χ1) is 14.3. The van der Waals surface area contributed by atoms with E-state index in [-0.39, 0.29) is 18.1 Å². The molecule has 0 aromatic heterocycles. The predicted molar refractivity (Wildman–Crippen MR) is 109 cm³/mol. The third-order valence-corrected chi connectivity index (χ3v) is 9.05. The van der Waals surface area contributed by atoms with E-state index in [1.165, 1.54) is 19.1 Å². The summed E-state index contributed by atoms with van der Waals surface area (Å²) in [6.45, 7) is 5.89. The van der Waals surface area contributed by atoms with Crippen LogP contribution in [0.3, 0.4) is 0 Å². The van der Waals surface area contributed by atoms with Gasteiger partial charge < -0.3 is 14.9 Å². The first-order valence-electron chi connectivity index (χ1n) is 11.0. The van der Waals surface area contributed by atoms with Crippen LogP contribution < -0.4 is 0 Å². The van der Waals surface area contributed by atoms with Gasteiger partial charge in [-0.05, 0) is 56.6 Å². The molecule has 31 heavy (non-hydrogen) atoms. The largest absolute Gasteiger partial charge is 0.458 e. The lowest BCUT2D eigenvalue weighted by Gasteiger charge is -2.62. The smallest absolute Gasteiger partial charge is 0.303 e. The average molecular weight is 435 g/mol. The number of carbonyl (C=O) groups excluding carboxylic acids is 3. The molecule has 0 spiro atoms. The molecule has 0 bridgehead atoms. The highest BCUT2D eigenvalue weighted by atomic mass is 19.1. The Hall–Kier alpha value is -1.86. The Morgan fingerprint density at radius 3 is 2.61 bits per heavy atom. The van der Waals surface area contributed by atoms with Gasteiger partial charge in [0.25, 0.3) is 0 Å². The molecular formula is C24H31FO6. The molecule has 0 amide bonds. The molecule has 0 aromatic rings. The van der Waals surface area contributed by atoms with E-state index in [2.05, 4.69) is 0 Å². The summed E-state index contributed by atoms with van der Waals surface area (Å²) in [6.07, 6.45) is 4.29. The fourth-order valence-electron chi connectivity index (χ4n) is 7.42. The van der Waals surface area contributed by atoms with Gasteiger partial charge in [0.2, 0.25) is 5.78 Å². The highest BCUT2D eigenvalue weighted by Gasteiger charge is 2.75. The van der Waals surface area contributed by atoms with E-state index in [9.17, 15) is 24.6 Å². The monoisotopic (exact) mass is 434 g/mol. The first-order valence-corrected chi connectivity index (χ1v) is 11.0. The summed E-state index contributed by atoms with van der Waals surface area (Å²) in [5.41, 5.74) is -5.33. The van der Waals surface area contributed by atoms with Crippen LogP contribution >= 0.6 is 0 Å². The molecule has 4 aliphatic rings. The highest BCUT2D eigenvalue weighted by Crippen LogP contribution is 2.70. The van der Waals surface area contributed by atoms with Crippen molar-refractivity contribution in [1.82, 2.24) is 0 Å². The number of allylic oxidation sites excluding steroid dienone is 4. The number of rotatable bonds is 3. The summed E-state index contributed by atoms with van der Waals surface area (Å²) in [7, 11) is 0. The molecule has 0 heterocycles. The van der Waals surface area contributed by atoms with Crippen molar-refractivity contribution < 1.29 is 33.7 Å². The SMILES string of the molecule is CC(=O)OCC(=O)[C@@]1(O)[C@H](C)C[C@H]2[C@@H]3CCC4=CC(=O)C=C[C@]4(C)[C@]3(F)[C@@H](O)C[C@@]21C. The number of ether oxygens (including phenoxy) is 1. The normalized spacial score (nSPS) is 48.4. The lowest BCUT2D eigenvalue weighted by Crippen LogP contribution is -2.69. The summed E-state index contributed by atoms with van der Waals surface area (Å²) >= 11 is 0. The second-order valence-corrected chi connectivity index (χ2v) is 10.4. The number of halogens is 1. The lowest BCUT2D eigenvalue weighted by atomic mass is 9.44. The number of esters is 1. The Labute approximate surface area is 181 Å². The molecule has 0 aromatic carbocycles. The lowest BCUT2D eigenvalue weighted by molar-refractivity contribution is -0.219. The molecule has 3 saturated carbocycles. The molecule has 4 rings (SSSR count). The Morgan fingerprint density at radius 2 is 1.97 bits per heavy atom. The van der Waals surface area contributed by atoms with Crippen molar-refractivity contribution in [2.75, 3.05) is 6.61 Å². The summed E-state index contributed by atoms with van der Waals surface area (Å²) in [4.78, 5) is 36.2. The second-order valence-electron chi connectivity index (χ2n) is 10.4. The van der Waals surface area contributed by atoms with Crippen LogP contribution in [0.4, 0.5) is 4.39 Å². The maximum Gasteiger partial charge on any atom is 0.303 e. The number of carbonyl (C=O) groups is 3. The topological polar surface area (TPSA) is 101 Å². The van der Waals surface area contributed by atoms with Crippen LogP contribution in [0.5, 0.6) is 0 Å². The van der Waals surface area contributed by atoms with Crippen molar-refractivity contribution in [2.24, 2.45) is 28.6 Å². The first kappa shape index (κ1) is 22.3. The number of hydrogen-bond acceptors (Lipinski definition) is 6. The molecule has 3 fully saturated rings. The van der Waals surface area contributed by atoms with Crippen LogP contribution in [0.25, 0.3) is 0 Å². The number of aliphatic hydroxyl groups excluding tert-OH is 1. The Morgan fingerprint density at radius 1 is 1.29 bits per heavy atom. The van der Waals surface area contributed by atoms with Gasteiger partial charge in [-0.15, -0.1) is 0 Å². The molecule has 0 aliphatic heterocycles. The predicted octanol–water partition coefficient (Wildman–Crippen LogP) is 2.47. The molecule has 0 radical (unpaired) electrons. The van der Waals surface area contributed by atoms with Gasteiger partial charge in [-0.2, -0.15) is 0 Å². The van der Waals surface area contributed by atoms with Gasteiger partial charge >= 0.3 is 5.97 Å². The average Bonchev–Trinajstić information content (AvgIpc) is 2.89. The van der Waals surface area contributed by atoms with E-state index in [0.29, 0.717) is 24.8 Å². The van der Waals surface area contributed by atoms with E-state index in [4.69, 9.17) is 4.74 Å². The number of aliphatic hydroxyl groups is 2. The molecule has 4 aliphatic carbocycles. The maximum atomic E-state index is 17.0. The van der Waals surface area contributed by atoms with Gasteiger partial charge in [0.15, 0.2) is 18.1 Å². The van der Waals surface area contributed by atoms with Gasteiger partial charge in [0.05, 0.1) is 6.10 Å². The van der Waals surface area contributed by atoms with Gasteiger partial charge in [-0.1, -0.05) is 25.5 Å². The summed E-state index contributed by atoms with van der Waals surface area (Å²) < 4.78 is 21.9. The van der Waals surface area contributed by atoms with Gasteiger partial charge in [-0.3, -0.25) is 14.4 Å². The quantitative estimate of drug-likeness (QED) is 0.662. The van der Waals surface area contributed by atoms with Crippen molar-refractivity contribution in [1.29, 1.82) is 0 Å². The molecule has 7 heteroatoms. The zero-order valence-electron chi connectivity index (χ0n) is 18.5. The molecule has 0 unspecified atom stereocenters. The number of ketones is 2. The number of alkyl halides is 1. The fraction of sp³-hybridized carbons (Fsp3) is 0.708. The third kappa shape index (κ3) is 2.65. The van der Waals surface area contributed by atoms with Crippen LogP contribution in [0.15, 0.2) is 23.8 Å². The summed E-state index contributed by atoms with van der Waals surface area (Å²) in [5, 5.41) is 22.9. The molecule has 2 N–H and O–H groups in total. The maximum absolute atomic E-state index is 17.0. The fourth-order valence-corrected chi connectivity index (χ4v) is 7.42. The Balaban J connectivity index is 1.76. The molecule has 170 valence electrons. The molecule has 6 nitrogen and oxygen atoms in total. The zero-order valence-corrected chi connectivity index (χ0v) is 18.5. The van der Waals surface area contributed by atoms with Crippen molar-refractivity contribution in [2.45, 2.75) is 70.8 Å². The van der Waals surface area contributed by atoms with Gasteiger partial charge in [-0.25, -0.2) is 4.39 Å². The zero-order chi connectivity index (χ0) is 23.0. The molecule has 8 atom stereocenters. The highest BCUT2D eigenvalue weighted by molar-refractivity contribution is 6.01. The van der Waals surface area contributed by atoms with Crippen LogP contribution in [0, 0.1) is 28.6 Å². The van der Waals surface area contributed by atoms with Crippen LogP contribution in [-0.2, 0) is 19.1 Å². The number of fused-ring (bicyclic) bond motifs is 5. The van der Waals surface area contributed by atoms with Crippen LogP contribution in [-0.4, -0.2) is 51.7 Å². The summed E-state index contributed by atoms with van der Waals surface area (Å²) in [5.74, 6) is -2.80. The van der Waals surface area contributed by atoms with E-state index < -0.39 is 58.4 Å². The van der Waals surface area contributed by atoms with Crippen LogP contribution in [0.1, 0.15) is 53.4 Å². The Bertz CT molecular complexity index is 910. The van der Waals surface area contributed by atoms with Gasteiger partial charge in [0.1, 0.15) is 5.60 Å². The van der Waals surface area contributed by atoms with Gasteiger partial charge in [0, 0.05) is 23.7 Å². The van der Waals surface area contributed by atoms with Crippen LogP contribution in [0.2, 0.25) is 0 Å². The minimum Gasteiger partial charge on any atom is -0.458 e. The van der Waals surface area contributed by atoms with Crippen molar-refractivity contribution in [3.63, 3.8) is 0 Å². The minimum atomic E-state index is -2.01. The minimum absolute atomic E-state index is 0.0953. The van der Waals surface area contributed by atoms with E-state index in [1.54, 1.807) is 26.8 Å². The number of hydrogen-bond donors (Lipinski definition) is 2. The van der Waals surface area contributed by atoms with E-state index >= 15 is 4.39 Å². The Kier molecular flexibility index (Phi) is 4.91. The number of Topliss-reactive ketones (excluding diaryl/α,β-unsaturated/α-hetero) is 1. The van der Waals surface area contributed by atoms with Crippen molar-refractivity contribution in [3.8, 4) is 0 Å². The van der Waals surface area contributed by atoms with E-state index in [1.807, 2.05) is 0 Å². The summed E-state index contributed by atoms with van der Waals surface area (Å²) in [6, 6.07) is 0. The van der Waals surface area contributed by atoms with Crippen molar-refractivity contribution in [3.05, 3.63) is 23.8 Å². The van der Waals surface area contributed by atoms with E-state index in [0.717, 1.165) is 0 Å².